The summed E-state index contributed by atoms with van der Waals surface area (Å²) in [7, 11) is 4.05. The minimum Gasteiger partial charge on any atom is -0.366 e. The zero-order valence-corrected chi connectivity index (χ0v) is 10.1. The van der Waals surface area contributed by atoms with Crippen molar-refractivity contribution in [3.8, 4) is 0 Å². The van der Waals surface area contributed by atoms with E-state index in [0.717, 1.165) is 24.0 Å². The summed E-state index contributed by atoms with van der Waals surface area (Å²) >= 11 is 0. The topological polar surface area (TPSA) is 64.2 Å². The quantitative estimate of drug-likeness (QED) is 0.843. The maximum atomic E-state index is 11.1. The molecular weight excluding hydrogens is 216 g/mol. The molecule has 17 heavy (non-hydrogen) atoms. The number of nitrogens with zero attached hydrogens (tertiary/aromatic N) is 3. The number of primary amides is 1. The molecule has 0 fully saturated rings. The van der Waals surface area contributed by atoms with Crippen LogP contribution in [-0.4, -0.2) is 41.2 Å². The van der Waals surface area contributed by atoms with Crippen LogP contribution in [0.25, 0.3) is 10.9 Å². The molecule has 0 bridgehead atoms. The zero-order valence-electron chi connectivity index (χ0n) is 10.1. The van der Waals surface area contributed by atoms with Crippen molar-refractivity contribution in [2.45, 2.75) is 6.54 Å². The average Bonchev–Trinajstić information content (AvgIpc) is 2.68. The lowest BCUT2D eigenvalue weighted by atomic mass is 10.1. The lowest BCUT2D eigenvalue weighted by Gasteiger charge is -2.09. The standard InChI is InChI=1S/C12H16N4O/c1-15(2)5-6-16-11-4-3-9(12(13)17)7-10(11)8-14-16/h3-4,7-8H,5-6H2,1-2H3,(H2,13,17). The Balaban J connectivity index is 2.31. The first-order valence-corrected chi connectivity index (χ1v) is 5.48. The van der Waals surface area contributed by atoms with E-state index in [0.29, 0.717) is 5.56 Å². The van der Waals surface area contributed by atoms with E-state index in [9.17, 15) is 4.79 Å². The van der Waals surface area contributed by atoms with Gasteiger partial charge in [-0.3, -0.25) is 9.48 Å². The van der Waals surface area contributed by atoms with Gasteiger partial charge in [-0.1, -0.05) is 0 Å². The van der Waals surface area contributed by atoms with Crippen molar-refractivity contribution >= 4 is 16.8 Å². The summed E-state index contributed by atoms with van der Waals surface area (Å²) in [6.45, 7) is 1.75. The number of nitrogens with two attached hydrogens (primary N) is 1. The molecule has 0 saturated heterocycles. The van der Waals surface area contributed by atoms with Gasteiger partial charge in [-0.25, -0.2) is 0 Å². The predicted octanol–water partition coefficient (Wildman–Crippen LogP) is 0.697. The first-order chi connectivity index (χ1) is 8.08. The number of aromatic nitrogens is 2. The normalized spacial score (nSPS) is 11.2. The molecule has 0 saturated carbocycles. The number of likely N-dealkylation sites (N-methyl/N-ethyl adjacent to an activating group) is 1. The number of hydrogen-bond acceptors (Lipinski definition) is 3. The summed E-state index contributed by atoms with van der Waals surface area (Å²) < 4.78 is 1.93. The second-order valence-corrected chi connectivity index (χ2v) is 4.31. The molecule has 2 aromatic rings. The summed E-state index contributed by atoms with van der Waals surface area (Å²) in [4.78, 5) is 13.2. The van der Waals surface area contributed by atoms with Gasteiger partial charge in [0.2, 0.25) is 5.91 Å². The second-order valence-electron chi connectivity index (χ2n) is 4.31. The molecule has 1 aromatic heterocycles. The molecule has 2 rings (SSSR count). The van der Waals surface area contributed by atoms with Crippen LogP contribution >= 0.6 is 0 Å². The second kappa shape index (κ2) is 4.55. The molecule has 2 N–H and O–H groups in total. The number of rotatable bonds is 4. The van der Waals surface area contributed by atoms with Gasteiger partial charge >= 0.3 is 0 Å². The summed E-state index contributed by atoms with van der Waals surface area (Å²) in [5.41, 5.74) is 6.78. The molecule has 0 aliphatic carbocycles. The summed E-state index contributed by atoms with van der Waals surface area (Å²) in [5.74, 6) is -0.409. The maximum Gasteiger partial charge on any atom is 0.248 e. The molecule has 5 heteroatoms. The molecule has 0 atom stereocenters. The highest BCUT2D eigenvalue weighted by molar-refractivity contribution is 5.96. The fourth-order valence-corrected chi connectivity index (χ4v) is 1.71. The van der Waals surface area contributed by atoms with Crippen molar-refractivity contribution in [3.05, 3.63) is 30.0 Å². The molecule has 0 radical (unpaired) electrons. The molecular formula is C12H16N4O. The summed E-state index contributed by atoms with van der Waals surface area (Å²) in [5, 5.41) is 5.25. The van der Waals surface area contributed by atoms with E-state index in [4.69, 9.17) is 5.73 Å². The number of carbonyl (C=O) groups is 1. The third-order valence-corrected chi connectivity index (χ3v) is 2.69. The van der Waals surface area contributed by atoms with Crippen LogP contribution in [0.15, 0.2) is 24.4 Å². The lowest BCUT2D eigenvalue weighted by Crippen LogP contribution is -2.18. The fraction of sp³-hybridized carbons (Fsp3) is 0.333. The molecule has 0 unspecified atom stereocenters. The molecule has 1 aromatic carbocycles. The van der Waals surface area contributed by atoms with Crippen LogP contribution in [-0.2, 0) is 6.54 Å². The van der Waals surface area contributed by atoms with Crippen LogP contribution < -0.4 is 5.73 Å². The Morgan fingerprint density at radius 2 is 2.24 bits per heavy atom. The van der Waals surface area contributed by atoms with Crippen LogP contribution in [0.5, 0.6) is 0 Å². The van der Waals surface area contributed by atoms with E-state index >= 15 is 0 Å². The Kier molecular flexibility index (Phi) is 3.10. The minimum absolute atomic E-state index is 0.409. The van der Waals surface area contributed by atoms with Crippen molar-refractivity contribution in [2.75, 3.05) is 20.6 Å². The first-order valence-electron chi connectivity index (χ1n) is 5.48. The molecule has 0 aliphatic heterocycles. The first kappa shape index (κ1) is 11.6. The lowest BCUT2D eigenvalue weighted by molar-refractivity contribution is 0.100. The van der Waals surface area contributed by atoms with Crippen molar-refractivity contribution < 1.29 is 4.79 Å². The smallest absolute Gasteiger partial charge is 0.248 e. The summed E-state index contributed by atoms with van der Waals surface area (Å²) in [6.07, 6.45) is 1.76. The van der Waals surface area contributed by atoms with E-state index in [1.54, 1.807) is 18.3 Å². The van der Waals surface area contributed by atoms with E-state index in [1.807, 2.05) is 24.8 Å². The number of amides is 1. The van der Waals surface area contributed by atoms with Gasteiger partial charge in [0.05, 0.1) is 18.3 Å². The van der Waals surface area contributed by atoms with Crippen molar-refractivity contribution in [1.82, 2.24) is 14.7 Å². The van der Waals surface area contributed by atoms with E-state index in [2.05, 4.69) is 10.00 Å². The Morgan fingerprint density at radius 3 is 2.88 bits per heavy atom. The molecule has 90 valence electrons. The molecule has 5 nitrogen and oxygen atoms in total. The average molecular weight is 232 g/mol. The highest BCUT2D eigenvalue weighted by Crippen LogP contribution is 2.15. The SMILES string of the molecule is CN(C)CCn1ncc2cc(C(N)=O)ccc21. The monoisotopic (exact) mass is 232 g/mol. The minimum atomic E-state index is -0.409. The Labute approximate surface area is 99.8 Å². The third-order valence-electron chi connectivity index (χ3n) is 2.69. The third kappa shape index (κ3) is 2.45. The van der Waals surface area contributed by atoms with Gasteiger partial charge in [-0.05, 0) is 32.3 Å². The Morgan fingerprint density at radius 1 is 1.47 bits per heavy atom. The fourth-order valence-electron chi connectivity index (χ4n) is 1.71. The van der Waals surface area contributed by atoms with E-state index in [1.165, 1.54) is 0 Å². The Hall–Kier alpha value is -1.88. The van der Waals surface area contributed by atoms with E-state index in [-0.39, 0.29) is 0 Å². The van der Waals surface area contributed by atoms with Crippen molar-refractivity contribution in [2.24, 2.45) is 5.73 Å². The number of fused-ring (bicyclic) bond motifs is 1. The van der Waals surface area contributed by atoms with Crippen LogP contribution in [0, 0.1) is 0 Å². The Bertz CT molecular complexity index is 544. The van der Waals surface area contributed by atoms with Crippen LogP contribution in [0.1, 0.15) is 10.4 Å². The molecule has 0 aliphatic rings. The highest BCUT2D eigenvalue weighted by atomic mass is 16.1. The number of benzene rings is 1. The van der Waals surface area contributed by atoms with Crippen LogP contribution in [0.2, 0.25) is 0 Å². The van der Waals surface area contributed by atoms with Gasteiger partial charge in [0.25, 0.3) is 0 Å². The van der Waals surface area contributed by atoms with Gasteiger partial charge < -0.3 is 10.6 Å². The zero-order chi connectivity index (χ0) is 12.4. The summed E-state index contributed by atoms with van der Waals surface area (Å²) in [6, 6.07) is 5.40. The van der Waals surface area contributed by atoms with Gasteiger partial charge in [-0.15, -0.1) is 0 Å². The highest BCUT2D eigenvalue weighted by Gasteiger charge is 2.06. The number of hydrogen-bond donors (Lipinski definition) is 1. The van der Waals surface area contributed by atoms with Gasteiger partial charge in [0.15, 0.2) is 0 Å². The van der Waals surface area contributed by atoms with Crippen molar-refractivity contribution in [1.29, 1.82) is 0 Å². The van der Waals surface area contributed by atoms with Gasteiger partial charge in [0.1, 0.15) is 0 Å². The van der Waals surface area contributed by atoms with E-state index < -0.39 is 5.91 Å². The molecule has 1 heterocycles. The maximum absolute atomic E-state index is 11.1. The number of carbonyl (C=O) groups excluding carboxylic acids is 1. The predicted molar refractivity (Wildman–Crippen MR) is 66.8 cm³/mol. The van der Waals surface area contributed by atoms with Crippen LogP contribution in [0.4, 0.5) is 0 Å². The molecule has 0 spiro atoms. The largest absolute Gasteiger partial charge is 0.366 e. The van der Waals surface area contributed by atoms with Crippen molar-refractivity contribution in [3.63, 3.8) is 0 Å². The van der Waals surface area contributed by atoms with Gasteiger partial charge in [-0.2, -0.15) is 5.10 Å². The van der Waals surface area contributed by atoms with Crippen LogP contribution in [0.3, 0.4) is 0 Å². The molecule has 1 amide bonds. The van der Waals surface area contributed by atoms with Gasteiger partial charge in [0, 0.05) is 17.5 Å².